The molecule has 4 aromatic rings. The van der Waals surface area contributed by atoms with Crippen molar-refractivity contribution < 1.29 is 72.1 Å². The first kappa shape index (κ1) is 64.9. The van der Waals surface area contributed by atoms with E-state index in [9.17, 15) is 44.7 Å². The number of hydrogen-bond acceptors (Lipinski definition) is 22. The second-order valence-corrected chi connectivity index (χ2v) is 25.9. The summed E-state index contributed by atoms with van der Waals surface area (Å²) < 4.78 is 46.8. The van der Waals surface area contributed by atoms with Crippen molar-refractivity contribution in [3.63, 3.8) is 0 Å². The number of aryl methyl sites for hydroxylation is 2. The third-order valence-electron chi connectivity index (χ3n) is 19.7. The summed E-state index contributed by atoms with van der Waals surface area (Å²) in [5.74, 6) is 1.84. The summed E-state index contributed by atoms with van der Waals surface area (Å²) in [5.41, 5.74) is 15.0. The first-order valence-corrected chi connectivity index (χ1v) is 31.2. The highest BCUT2D eigenvalue weighted by Gasteiger charge is 2.59. The van der Waals surface area contributed by atoms with Crippen molar-refractivity contribution >= 4 is 29.7 Å². The average Bonchev–Trinajstić information content (AvgIpc) is 0.803. The number of nitrogens with one attached hydrogen (secondary N) is 3. The summed E-state index contributed by atoms with van der Waals surface area (Å²) in [6, 6.07) is 3.35. The molecule has 0 saturated carbocycles. The number of aromatic hydroxyl groups is 2. The van der Waals surface area contributed by atoms with E-state index in [4.69, 9.17) is 43.6 Å². The lowest BCUT2D eigenvalue weighted by Gasteiger charge is -2.60. The van der Waals surface area contributed by atoms with Gasteiger partial charge in [-0.15, -0.1) is 0 Å². The number of hydrogen-bond donors (Lipinski definition) is 6. The van der Waals surface area contributed by atoms with Crippen molar-refractivity contribution in [2.75, 3.05) is 55.0 Å². The average molecular weight is 1270 g/mol. The van der Waals surface area contributed by atoms with Crippen LogP contribution in [0.5, 0.6) is 57.5 Å². The highest BCUT2D eigenvalue weighted by molar-refractivity contribution is 5.87. The van der Waals surface area contributed by atoms with Crippen LogP contribution in [0.15, 0.2) is 12.1 Å². The van der Waals surface area contributed by atoms with Crippen molar-refractivity contribution in [1.29, 1.82) is 10.5 Å². The van der Waals surface area contributed by atoms with Crippen molar-refractivity contribution in [2.24, 2.45) is 11.7 Å². The number of piperazine rings is 2. The monoisotopic (exact) mass is 1270 g/mol. The molecular formula is C67H82N10O15. The van der Waals surface area contributed by atoms with Crippen molar-refractivity contribution in [3.8, 4) is 69.6 Å². The van der Waals surface area contributed by atoms with Crippen LogP contribution < -0.4 is 59.6 Å². The number of carbonyl (C=O) groups excluding carboxylic acids is 5. The molecule has 0 aliphatic carbocycles. The molecule has 7 N–H and O–H groups in total. The molecule has 25 heteroatoms. The molecule has 4 bridgehead atoms. The number of benzene rings is 4. The summed E-state index contributed by atoms with van der Waals surface area (Å²) in [4.78, 5) is 72.2. The van der Waals surface area contributed by atoms with E-state index in [0.29, 0.717) is 106 Å². The number of likely N-dealkylation sites (N-methyl/N-ethyl adjacent to an activating group) is 2. The molecule has 0 radical (unpaired) electrons. The number of phenols is 2. The molecule has 2 fully saturated rings. The minimum atomic E-state index is -0.803. The third kappa shape index (κ3) is 10.7. The predicted molar refractivity (Wildman–Crippen MR) is 332 cm³/mol. The summed E-state index contributed by atoms with van der Waals surface area (Å²) in [5, 5.41) is 53.7. The fourth-order valence-electron chi connectivity index (χ4n) is 16.1. The summed E-state index contributed by atoms with van der Waals surface area (Å²) in [6.45, 7) is 17.4. The number of ether oxygens (including phenoxy) is 8. The van der Waals surface area contributed by atoms with Crippen LogP contribution in [0, 0.1) is 56.3 Å². The summed E-state index contributed by atoms with van der Waals surface area (Å²) in [7, 11) is 7.01. The zero-order chi connectivity index (χ0) is 66.4. The molecule has 12 atom stereocenters. The lowest BCUT2D eigenvalue weighted by atomic mass is 9.71. The van der Waals surface area contributed by atoms with Crippen molar-refractivity contribution in [3.05, 3.63) is 78.9 Å². The number of rotatable bonds is 13. The Bertz CT molecular complexity index is 3800. The van der Waals surface area contributed by atoms with Crippen LogP contribution in [0.3, 0.4) is 0 Å². The normalized spacial score (nSPS) is 25.0. The minimum absolute atomic E-state index is 0.00939. The van der Waals surface area contributed by atoms with Gasteiger partial charge in [-0.3, -0.25) is 43.6 Å². The molecule has 8 aliphatic rings. The molecule has 25 nitrogen and oxygen atoms in total. The number of nitrogens with two attached hydrogens (primary N) is 1. The van der Waals surface area contributed by atoms with Gasteiger partial charge < -0.3 is 69.8 Å². The fraction of sp³-hybridized carbons (Fsp3) is 0.537. The van der Waals surface area contributed by atoms with E-state index in [0.717, 1.165) is 38.9 Å². The number of nitriles is 2. The Kier molecular flexibility index (Phi) is 17.7. The zero-order valence-electron chi connectivity index (χ0n) is 54.5. The number of methoxy groups -OCH3 is 2. The van der Waals surface area contributed by atoms with Crippen LogP contribution in [-0.2, 0) is 49.7 Å². The van der Waals surface area contributed by atoms with E-state index in [2.05, 4.69) is 47.7 Å². The lowest BCUT2D eigenvalue weighted by molar-refractivity contribution is -0.133. The fourth-order valence-corrected chi connectivity index (χ4v) is 16.1. The highest BCUT2D eigenvalue weighted by atomic mass is 16.7. The smallest absolute Gasteiger partial charge is 0.308 e. The van der Waals surface area contributed by atoms with E-state index < -0.39 is 54.2 Å². The molecule has 0 aromatic heterocycles. The standard InChI is InChI=1S/C36H45N5O8.C31H37N5O7/c1-16(2)9-27(43)39-19(5)36(45)38-14-26-29-22(33(49-20(6)42)18(4)34-35(29)48-15-47-34)12-24-30-28-21(10-17(3)32(46-8)31(28)44)11-23(40(30)7)25(13-37)41(24)26;1-13-7-17-8-19-21(10-32)36-20(25(35(19)5)23(17)26(38)27(13)40-6)9-18-24(22(36)11-34-31(39)15(3)33)30-29(41-12-42-30)14(2)28(18)43-16(4)37/h10,16,19,23-26,30,44H,9,11-12,14-15H2,1-8H3,(H,38,45)(H,39,43);7,15,19-22,25,38H,8-9,11-12,33H2,1-6H3,(H,34,39)/t19?,23-,24?,25-,26-,30-;15?,19-,20?,21-,22-,25-/m00/s1. The molecule has 12 rings (SSSR count). The van der Waals surface area contributed by atoms with Crippen LogP contribution in [-0.4, -0.2) is 163 Å². The molecule has 92 heavy (non-hydrogen) atoms. The largest absolute Gasteiger partial charge is 0.504 e. The van der Waals surface area contributed by atoms with Gasteiger partial charge >= 0.3 is 11.9 Å². The molecular weight excluding hydrogens is 1180 g/mol. The predicted octanol–water partition coefficient (Wildman–Crippen LogP) is 5.02. The summed E-state index contributed by atoms with van der Waals surface area (Å²) >= 11 is 0. The van der Waals surface area contributed by atoms with Gasteiger partial charge in [0, 0.05) is 102 Å². The van der Waals surface area contributed by atoms with Gasteiger partial charge in [-0.25, -0.2) is 0 Å². The quantitative estimate of drug-likeness (QED) is 0.0756. The number of fused-ring (bicyclic) bond motifs is 18. The van der Waals surface area contributed by atoms with Gasteiger partial charge in [0.15, 0.2) is 46.0 Å². The highest BCUT2D eigenvalue weighted by Crippen LogP contribution is 2.61. The number of phenolic OH excluding ortho intramolecular Hbond substituents is 2. The van der Waals surface area contributed by atoms with Crippen LogP contribution in [0.4, 0.5) is 0 Å². The Hall–Kier alpha value is -8.59. The Labute approximate surface area is 534 Å². The van der Waals surface area contributed by atoms with E-state index in [-0.39, 0.29) is 92.0 Å². The second kappa shape index (κ2) is 25.1. The minimum Gasteiger partial charge on any atom is -0.504 e. The maximum atomic E-state index is 13.5. The Morgan fingerprint density at radius 1 is 0.620 bits per heavy atom. The Morgan fingerprint density at radius 2 is 1.02 bits per heavy atom. The maximum absolute atomic E-state index is 13.5. The van der Waals surface area contributed by atoms with Crippen LogP contribution in [0.1, 0.15) is 139 Å². The molecule has 0 spiro atoms. The van der Waals surface area contributed by atoms with Crippen LogP contribution in [0.25, 0.3) is 0 Å². The van der Waals surface area contributed by atoms with Gasteiger partial charge in [0.25, 0.3) is 0 Å². The maximum Gasteiger partial charge on any atom is 0.308 e. The zero-order valence-corrected chi connectivity index (χ0v) is 54.5. The van der Waals surface area contributed by atoms with Crippen LogP contribution >= 0.6 is 0 Å². The van der Waals surface area contributed by atoms with Crippen LogP contribution in [0.2, 0.25) is 0 Å². The Balaban J connectivity index is 0.000000190. The number of esters is 2. The van der Waals surface area contributed by atoms with Gasteiger partial charge in [0.1, 0.15) is 29.6 Å². The van der Waals surface area contributed by atoms with Crippen molar-refractivity contribution in [2.45, 2.75) is 174 Å². The molecule has 4 aromatic carbocycles. The SMILES string of the molecule is COc1c(C)cc2c(c1O)[C@@H]1C3Cc4c(OC(C)=O)c(C)c5c(c4[C@H](CNC(=O)C(C)N)N3[C@@H](C#N)[C@H](C2)N1C)OCO5.COc1c(C)cc2c(c1O)[C@@H]1C3Cc4c(OC(C)=O)c(C)c5c(c4[C@H](CNC(=O)C(C)NC(=O)CC(C)C)N3[C@@H](C#N)[C@H](C2)N1C)OCO5. The molecule has 4 unspecified atom stereocenters. The lowest BCUT2D eigenvalue weighted by Crippen LogP contribution is -2.69. The van der Waals surface area contributed by atoms with E-state index in [1.54, 1.807) is 13.8 Å². The van der Waals surface area contributed by atoms with Gasteiger partial charge in [-0.2, -0.15) is 10.5 Å². The van der Waals surface area contributed by atoms with Gasteiger partial charge in [-0.05, 0) is 109 Å². The first-order chi connectivity index (χ1) is 43.8. The number of amides is 3. The molecule has 8 heterocycles. The third-order valence-corrected chi connectivity index (χ3v) is 19.7. The molecule has 3 amide bonds. The van der Waals surface area contributed by atoms with Gasteiger partial charge in [0.2, 0.25) is 31.3 Å². The number of nitrogens with zero attached hydrogens (tertiary/aromatic N) is 6. The molecule has 2 saturated heterocycles. The van der Waals surface area contributed by atoms with E-state index >= 15 is 0 Å². The van der Waals surface area contributed by atoms with E-state index in [1.165, 1.54) is 28.1 Å². The second-order valence-electron chi connectivity index (χ2n) is 25.9. The van der Waals surface area contributed by atoms with Gasteiger partial charge in [-0.1, -0.05) is 26.0 Å². The Morgan fingerprint density at radius 3 is 1.39 bits per heavy atom. The molecule has 8 aliphatic heterocycles. The van der Waals surface area contributed by atoms with E-state index in [1.807, 2.05) is 67.8 Å². The summed E-state index contributed by atoms with van der Waals surface area (Å²) in [6.07, 6.45) is 2.07. The van der Waals surface area contributed by atoms with Gasteiger partial charge in [0.05, 0.1) is 56.6 Å². The topological polar surface area (TPSA) is 322 Å². The molecule has 490 valence electrons. The number of carbonyl (C=O) groups is 5. The van der Waals surface area contributed by atoms with Crippen molar-refractivity contribution in [1.82, 2.24) is 35.6 Å². The first-order valence-electron chi connectivity index (χ1n) is 31.2.